The van der Waals surface area contributed by atoms with E-state index in [-0.39, 0.29) is 23.4 Å². The molecular weight excluding hydrogens is 494 g/mol. The van der Waals surface area contributed by atoms with Gasteiger partial charge < -0.3 is 4.90 Å². The molecule has 4 rings (SSSR count). The molecule has 5 nitrogen and oxygen atoms in total. The molecule has 1 heterocycles. The first-order chi connectivity index (χ1) is 19.4. The Labute approximate surface area is 238 Å². The lowest BCUT2D eigenvalue weighted by Gasteiger charge is -2.33. The number of unbranched alkanes of at least 4 members (excludes halogenated alkanes) is 2. The first-order valence-corrected chi connectivity index (χ1v) is 14.9. The van der Waals surface area contributed by atoms with E-state index in [0.29, 0.717) is 35.3 Å². The van der Waals surface area contributed by atoms with Crippen LogP contribution in [0.1, 0.15) is 93.7 Å². The van der Waals surface area contributed by atoms with Gasteiger partial charge in [-0.15, -0.1) is 0 Å². The molecular formula is C35H43N3O2. The fraction of sp³-hybridized carbons (Fsp3) is 0.400. The van der Waals surface area contributed by atoms with Crippen molar-refractivity contribution in [2.45, 2.75) is 79.2 Å². The molecule has 0 aliphatic rings. The molecule has 0 bridgehead atoms. The summed E-state index contributed by atoms with van der Waals surface area (Å²) in [5.74, 6) is 0.812. The van der Waals surface area contributed by atoms with Gasteiger partial charge in [0.1, 0.15) is 5.82 Å². The molecule has 0 fully saturated rings. The fourth-order valence-electron chi connectivity index (χ4n) is 5.35. The van der Waals surface area contributed by atoms with Gasteiger partial charge in [-0.1, -0.05) is 83.9 Å². The van der Waals surface area contributed by atoms with Gasteiger partial charge in [0, 0.05) is 12.1 Å². The Kier molecular flexibility index (Phi) is 9.92. The van der Waals surface area contributed by atoms with Crippen molar-refractivity contribution in [2.75, 3.05) is 6.54 Å². The standard InChI is InChI=1S/C35H43N3O2/c1-6-9-10-13-27-16-20-28(21-17-27)34(39)37(24-25(4)5)32(8-3)33-36-31-15-12-11-14-30(31)35(40)38(33)29-22-18-26(7-2)19-23-29/h11-12,14-23,25,32H,6-10,13,24H2,1-5H3. The number of aryl methyl sites for hydroxylation is 2. The zero-order valence-electron chi connectivity index (χ0n) is 24.7. The van der Waals surface area contributed by atoms with Gasteiger partial charge in [0.05, 0.1) is 22.6 Å². The van der Waals surface area contributed by atoms with Crippen molar-refractivity contribution in [1.82, 2.24) is 14.5 Å². The number of para-hydroxylation sites is 1. The molecule has 1 unspecified atom stereocenters. The van der Waals surface area contributed by atoms with Gasteiger partial charge in [0.25, 0.3) is 11.5 Å². The van der Waals surface area contributed by atoms with Crippen molar-refractivity contribution in [1.29, 1.82) is 0 Å². The molecule has 1 amide bonds. The fourth-order valence-corrected chi connectivity index (χ4v) is 5.35. The minimum absolute atomic E-state index is 0.0315. The molecule has 1 atom stereocenters. The van der Waals surface area contributed by atoms with Crippen molar-refractivity contribution in [3.05, 3.63) is 106 Å². The molecule has 40 heavy (non-hydrogen) atoms. The quantitative estimate of drug-likeness (QED) is 0.172. The van der Waals surface area contributed by atoms with E-state index >= 15 is 0 Å². The normalized spacial score (nSPS) is 12.2. The molecule has 4 aromatic rings. The number of aromatic nitrogens is 2. The van der Waals surface area contributed by atoms with E-state index in [1.165, 1.54) is 24.0 Å². The lowest BCUT2D eigenvalue weighted by molar-refractivity contribution is 0.0631. The summed E-state index contributed by atoms with van der Waals surface area (Å²) in [5, 5.41) is 0.570. The molecule has 5 heteroatoms. The lowest BCUT2D eigenvalue weighted by Crippen LogP contribution is -2.40. The third-order valence-electron chi connectivity index (χ3n) is 7.56. The second-order valence-electron chi connectivity index (χ2n) is 11.1. The minimum atomic E-state index is -0.373. The van der Waals surface area contributed by atoms with Crippen molar-refractivity contribution in [3.63, 3.8) is 0 Å². The zero-order valence-corrected chi connectivity index (χ0v) is 24.7. The van der Waals surface area contributed by atoms with Crippen LogP contribution in [0.5, 0.6) is 0 Å². The lowest BCUT2D eigenvalue weighted by atomic mass is 10.0. The summed E-state index contributed by atoms with van der Waals surface area (Å²) in [6, 6.07) is 23.2. The number of hydrogen-bond acceptors (Lipinski definition) is 3. The van der Waals surface area contributed by atoms with Crippen LogP contribution in [0.4, 0.5) is 0 Å². The summed E-state index contributed by atoms with van der Waals surface area (Å²) in [5.41, 5.74) is 4.43. The molecule has 0 aliphatic heterocycles. The van der Waals surface area contributed by atoms with Crippen LogP contribution in [-0.4, -0.2) is 26.9 Å². The van der Waals surface area contributed by atoms with Gasteiger partial charge in [-0.2, -0.15) is 0 Å². The summed E-state index contributed by atoms with van der Waals surface area (Å²) < 4.78 is 1.72. The number of benzene rings is 3. The maximum Gasteiger partial charge on any atom is 0.266 e. The Bertz CT molecular complexity index is 1470. The highest BCUT2D eigenvalue weighted by Gasteiger charge is 2.30. The molecule has 0 radical (unpaired) electrons. The average Bonchev–Trinajstić information content (AvgIpc) is 2.97. The zero-order chi connectivity index (χ0) is 28.6. The Morgan fingerprint density at radius 1 is 0.875 bits per heavy atom. The number of nitrogens with zero attached hydrogens (tertiary/aromatic N) is 3. The molecule has 0 aliphatic carbocycles. The smallest absolute Gasteiger partial charge is 0.266 e. The molecule has 0 saturated heterocycles. The molecule has 0 spiro atoms. The third-order valence-corrected chi connectivity index (χ3v) is 7.56. The van der Waals surface area contributed by atoms with E-state index < -0.39 is 0 Å². The number of carbonyl (C=O) groups is 1. The van der Waals surface area contributed by atoms with Crippen LogP contribution in [0, 0.1) is 5.92 Å². The Balaban J connectivity index is 1.82. The van der Waals surface area contributed by atoms with Gasteiger partial charge in [-0.3, -0.25) is 14.2 Å². The first-order valence-electron chi connectivity index (χ1n) is 14.9. The monoisotopic (exact) mass is 537 g/mol. The van der Waals surface area contributed by atoms with Gasteiger partial charge in [0.15, 0.2) is 0 Å². The topological polar surface area (TPSA) is 55.2 Å². The number of fused-ring (bicyclic) bond motifs is 1. The van der Waals surface area contributed by atoms with Crippen LogP contribution in [-0.2, 0) is 12.8 Å². The maximum atomic E-state index is 14.1. The van der Waals surface area contributed by atoms with E-state index in [9.17, 15) is 9.59 Å². The van der Waals surface area contributed by atoms with E-state index in [2.05, 4.69) is 58.9 Å². The molecule has 210 valence electrons. The van der Waals surface area contributed by atoms with Crippen LogP contribution in [0.3, 0.4) is 0 Å². The summed E-state index contributed by atoms with van der Waals surface area (Å²) >= 11 is 0. The summed E-state index contributed by atoms with van der Waals surface area (Å²) in [7, 11) is 0. The SMILES string of the molecule is CCCCCc1ccc(C(=O)N(CC(C)C)C(CC)c2nc3ccccc3c(=O)n2-c2ccc(CC)cc2)cc1. The predicted molar refractivity (Wildman–Crippen MR) is 165 cm³/mol. The second-order valence-corrected chi connectivity index (χ2v) is 11.1. The largest absolute Gasteiger partial charge is 0.328 e. The van der Waals surface area contributed by atoms with Gasteiger partial charge >= 0.3 is 0 Å². The van der Waals surface area contributed by atoms with E-state index in [1.807, 2.05) is 53.4 Å². The van der Waals surface area contributed by atoms with Crippen LogP contribution in [0.25, 0.3) is 16.6 Å². The highest BCUT2D eigenvalue weighted by atomic mass is 16.2. The van der Waals surface area contributed by atoms with E-state index in [1.54, 1.807) is 4.57 Å². The van der Waals surface area contributed by atoms with Crippen LogP contribution in [0.15, 0.2) is 77.6 Å². The van der Waals surface area contributed by atoms with E-state index in [4.69, 9.17) is 4.98 Å². The number of carbonyl (C=O) groups excluding carboxylic acids is 1. The first kappa shape index (κ1) is 29.3. The van der Waals surface area contributed by atoms with Gasteiger partial charge in [-0.05, 0) is 79.1 Å². The highest BCUT2D eigenvalue weighted by molar-refractivity contribution is 5.94. The van der Waals surface area contributed by atoms with Crippen molar-refractivity contribution < 1.29 is 4.79 Å². The van der Waals surface area contributed by atoms with Crippen molar-refractivity contribution in [2.24, 2.45) is 5.92 Å². The minimum Gasteiger partial charge on any atom is -0.328 e. The summed E-state index contributed by atoms with van der Waals surface area (Å²) in [6.07, 6.45) is 6.14. The van der Waals surface area contributed by atoms with Gasteiger partial charge in [0.2, 0.25) is 0 Å². The number of amides is 1. The Morgan fingerprint density at radius 2 is 1.55 bits per heavy atom. The summed E-state index contributed by atoms with van der Waals surface area (Å²) in [4.78, 5) is 35.1. The molecule has 0 saturated carbocycles. The van der Waals surface area contributed by atoms with E-state index in [0.717, 1.165) is 24.9 Å². The molecule has 0 N–H and O–H groups in total. The third kappa shape index (κ3) is 6.52. The average molecular weight is 538 g/mol. The number of hydrogen-bond donors (Lipinski definition) is 0. The predicted octanol–water partition coefficient (Wildman–Crippen LogP) is 7.93. The molecule has 1 aromatic heterocycles. The Morgan fingerprint density at radius 3 is 2.17 bits per heavy atom. The summed E-state index contributed by atoms with van der Waals surface area (Å²) in [6.45, 7) is 11.2. The van der Waals surface area contributed by atoms with Crippen molar-refractivity contribution in [3.8, 4) is 5.69 Å². The number of rotatable bonds is 12. The Hall–Kier alpha value is -3.73. The van der Waals surface area contributed by atoms with Crippen LogP contribution >= 0.6 is 0 Å². The molecule has 3 aromatic carbocycles. The second kappa shape index (κ2) is 13.6. The van der Waals surface area contributed by atoms with Crippen LogP contribution in [0.2, 0.25) is 0 Å². The van der Waals surface area contributed by atoms with Crippen LogP contribution < -0.4 is 5.56 Å². The maximum absolute atomic E-state index is 14.1. The van der Waals surface area contributed by atoms with Crippen molar-refractivity contribution >= 4 is 16.8 Å². The highest BCUT2D eigenvalue weighted by Crippen LogP contribution is 2.29. The van der Waals surface area contributed by atoms with Gasteiger partial charge in [-0.25, -0.2) is 4.98 Å².